The van der Waals surface area contributed by atoms with E-state index in [4.69, 9.17) is 5.73 Å². The highest BCUT2D eigenvalue weighted by molar-refractivity contribution is 5.42. The second-order valence-electron chi connectivity index (χ2n) is 4.60. The van der Waals surface area contributed by atoms with Gasteiger partial charge in [-0.3, -0.25) is 0 Å². The number of nitrogens with two attached hydrogens (primary N) is 1. The molecule has 1 fully saturated rings. The minimum Gasteiger partial charge on any atom is -0.354 e. The van der Waals surface area contributed by atoms with Crippen molar-refractivity contribution in [3.05, 3.63) is 23.4 Å². The Morgan fingerprint density at radius 1 is 1.41 bits per heavy atom. The van der Waals surface area contributed by atoms with Crippen molar-refractivity contribution in [3.63, 3.8) is 0 Å². The van der Waals surface area contributed by atoms with Gasteiger partial charge in [0.15, 0.2) is 0 Å². The molecule has 2 heterocycles. The molecule has 1 atom stereocenters. The molecule has 17 heavy (non-hydrogen) atoms. The highest BCUT2D eigenvalue weighted by atomic mass is 15.2. The maximum atomic E-state index is 6.06. The summed E-state index contributed by atoms with van der Waals surface area (Å²) in [6.07, 6.45) is 0.954. The summed E-state index contributed by atoms with van der Waals surface area (Å²) in [5.41, 5.74) is 8.30. The maximum Gasteiger partial charge on any atom is 0.128 e. The van der Waals surface area contributed by atoms with E-state index >= 15 is 0 Å². The van der Waals surface area contributed by atoms with E-state index in [2.05, 4.69) is 41.2 Å². The minimum atomic E-state index is 0.111. The number of nitrogens with one attached hydrogen (secondary N) is 1. The van der Waals surface area contributed by atoms with Crippen LogP contribution in [0.1, 0.15) is 30.6 Å². The van der Waals surface area contributed by atoms with Gasteiger partial charge in [0, 0.05) is 37.9 Å². The zero-order valence-corrected chi connectivity index (χ0v) is 10.7. The van der Waals surface area contributed by atoms with Crippen LogP contribution in [-0.4, -0.2) is 31.2 Å². The quantitative estimate of drug-likeness (QED) is 0.825. The number of hydrogen-bond acceptors (Lipinski definition) is 4. The number of piperazine rings is 1. The summed E-state index contributed by atoms with van der Waals surface area (Å²) in [6.45, 7) is 8.30. The molecule has 1 aromatic heterocycles. The van der Waals surface area contributed by atoms with E-state index in [1.165, 1.54) is 5.56 Å². The van der Waals surface area contributed by atoms with E-state index in [0.29, 0.717) is 0 Å². The summed E-state index contributed by atoms with van der Waals surface area (Å²) < 4.78 is 0. The Kier molecular flexibility index (Phi) is 3.97. The van der Waals surface area contributed by atoms with Crippen LogP contribution < -0.4 is 16.0 Å². The SMILES string of the molecule is CCC(N)c1ccc(N2CCNCC2)nc1C. The zero-order valence-electron chi connectivity index (χ0n) is 10.7. The summed E-state index contributed by atoms with van der Waals surface area (Å²) in [6, 6.07) is 4.34. The zero-order chi connectivity index (χ0) is 12.3. The summed E-state index contributed by atoms with van der Waals surface area (Å²) in [7, 11) is 0. The molecule has 1 unspecified atom stereocenters. The van der Waals surface area contributed by atoms with E-state index in [9.17, 15) is 0 Å². The number of hydrogen-bond donors (Lipinski definition) is 2. The van der Waals surface area contributed by atoms with E-state index in [-0.39, 0.29) is 6.04 Å². The molecule has 0 radical (unpaired) electrons. The molecule has 94 valence electrons. The summed E-state index contributed by atoms with van der Waals surface area (Å²) in [5.74, 6) is 1.08. The Hall–Kier alpha value is -1.13. The average molecular weight is 234 g/mol. The van der Waals surface area contributed by atoms with Crippen molar-refractivity contribution in [1.29, 1.82) is 0 Å². The van der Waals surface area contributed by atoms with Crippen molar-refractivity contribution in [2.24, 2.45) is 5.73 Å². The second kappa shape index (κ2) is 5.47. The molecular weight excluding hydrogens is 212 g/mol. The van der Waals surface area contributed by atoms with Crippen molar-refractivity contribution >= 4 is 5.82 Å². The summed E-state index contributed by atoms with van der Waals surface area (Å²) >= 11 is 0. The minimum absolute atomic E-state index is 0.111. The number of anilines is 1. The van der Waals surface area contributed by atoms with Gasteiger partial charge in [0.05, 0.1) is 0 Å². The lowest BCUT2D eigenvalue weighted by Gasteiger charge is -2.29. The molecule has 0 amide bonds. The highest BCUT2D eigenvalue weighted by Gasteiger charge is 2.14. The van der Waals surface area contributed by atoms with Gasteiger partial charge in [-0.05, 0) is 25.0 Å². The van der Waals surface area contributed by atoms with Crippen molar-refractivity contribution in [3.8, 4) is 0 Å². The van der Waals surface area contributed by atoms with Crippen LogP contribution >= 0.6 is 0 Å². The second-order valence-corrected chi connectivity index (χ2v) is 4.60. The average Bonchev–Trinajstić information content (AvgIpc) is 2.39. The van der Waals surface area contributed by atoms with Crippen LogP contribution in [0.25, 0.3) is 0 Å². The molecule has 4 heteroatoms. The fourth-order valence-electron chi connectivity index (χ4n) is 2.24. The number of aryl methyl sites for hydroxylation is 1. The van der Waals surface area contributed by atoms with E-state index < -0.39 is 0 Å². The molecule has 0 bridgehead atoms. The Balaban J connectivity index is 2.17. The van der Waals surface area contributed by atoms with Gasteiger partial charge < -0.3 is 16.0 Å². The van der Waals surface area contributed by atoms with E-state index in [1.54, 1.807) is 0 Å². The Morgan fingerprint density at radius 2 is 2.12 bits per heavy atom. The summed E-state index contributed by atoms with van der Waals surface area (Å²) in [5, 5.41) is 3.35. The normalized spacial score (nSPS) is 18.2. The van der Waals surface area contributed by atoms with Gasteiger partial charge in [0.2, 0.25) is 0 Å². The topological polar surface area (TPSA) is 54.2 Å². The van der Waals surface area contributed by atoms with Crippen molar-refractivity contribution < 1.29 is 0 Å². The predicted octanol–water partition coefficient (Wildman–Crippen LogP) is 1.21. The standard InChI is InChI=1S/C13H22N4/c1-3-12(14)11-4-5-13(16-10(11)2)17-8-6-15-7-9-17/h4-5,12,15H,3,6-9,14H2,1-2H3. The fourth-order valence-corrected chi connectivity index (χ4v) is 2.24. The third-order valence-corrected chi connectivity index (χ3v) is 3.39. The molecule has 1 saturated heterocycles. The first kappa shape index (κ1) is 12.3. The fraction of sp³-hybridized carbons (Fsp3) is 0.615. The lowest BCUT2D eigenvalue weighted by molar-refractivity contribution is 0.584. The smallest absolute Gasteiger partial charge is 0.128 e. The van der Waals surface area contributed by atoms with Crippen LogP contribution in [0.2, 0.25) is 0 Å². The van der Waals surface area contributed by atoms with Crippen LogP contribution in [-0.2, 0) is 0 Å². The first-order valence-electron chi connectivity index (χ1n) is 6.41. The van der Waals surface area contributed by atoms with Crippen molar-refractivity contribution in [2.75, 3.05) is 31.1 Å². The van der Waals surface area contributed by atoms with Crippen LogP contribution in [0.5, 0.6) is 0 Å². The Bertz CT molecular complexity index is 372. The summed E-state index contributed by atoms with van der Waals surface area (Å²) in [4.78, 5) is 7.01. The first-order chi connectivity index (χ1) is 8.22. The van der Waals surface area contributed by atoms with Gasteiger partial charge in [-0.15, -0.1) is 0 Å². The number of aromatic nitrogens is 1. The van der Waals surface area contributed by atoms with E-state index in [1.807, 2.05) is 0 Å². The molecule has 0 aromatic carbocycles. The number of nitrogens with zero attached hydrogens (tertiary/aromatic N) is 2. The predicted molar refractivity (Wildman–Crippen MR) is 71.3 cm³/mol. The Morgan fingerprint density at radius 3 is 2.71 bits per heavy atom. The van der Waals surface area contributed by atoms with Gasteiger partial charge in [-0.25, -0.2) is 4.98 Å². The highest BCUT2D eigenvalue weighted by Crippen LogP contribution is 2.20. The van der Waals surface area contributed by atoms with Crippen LogP contribution in [0, 0.1) is 6.92 Å². The van der Waals surface area contributed by atoms with Gasteiger partial charge in [0.1, 0.15) is 5.82 Å². The number of rotatable bonds is 3. The van der Waals surface area contributed by atoms with Crippen LogP contribution in [0.4, 0.5) is 5.82 Å². The van der Waals surface area contributed by atoms with Crippen molar-refractivity contribution in [1.82, 2.24) is 10.3 Å². The maximum absolute atomic E-state index is 6.06. The van der Waals surface area contributed by atoms with Gasteiger partial charge in [0.25, 0.3) is 0 Å². The third-order valence-electron chi connectivity index (χ3n) is 3.39. The molecule has 3 N–H and O–H groups in total. The molecule has 0 saturated carbocycles. The molecule has 4 nitrogen and oxygen atoms in total. The molecule has 0 aliphatic carbocycles. The third kappa shape index (κ3) is 2.76. The van der Waals surface area contributed by atoms with Gasteiger partial charge in [-0.2, -0.15) is 0 Å². The van der Waals surface area contributed by atoms with Gasteiger partial charge >= 0.3 is 0 Å². The molecular formula is C13H22N4. The molecule has 0 spiro atoms. The van der Waals surface area contributed by atoms with Crippen LogP contribution in [0.3, 0.4) is 0 Å². The number of pyridine rings is 1. The molecule has 1 aliphatic heterocycles. The van der Waals surface area contributed by atoms with Gasteiger partial charge in [-0.1, -0.05) is 13.0 Å². The molecule has 1 aliphatic rings. The largest absolute Gasteiger partial charge is 0.354 e. The van der Waals surface area contributed by atoms with Crippen molar-refractivity contribution in [2.45, 2.75) is 26.3 Å². The molecule has 2 rings (SSSR count). The van der Waals surface area contributed by atoms with Crippen LogP contribution in [0.15, 0.2) is 12.1 Å². The lowest BCUT2D eigenvalue weighted by atomic mass is 10.0. The lowest BCUT2D eigenvalue weighted by Crippen LogP contribution is -2.44. The van der Waals surface area contributed by atoms with E-state index in [0.717, 1.165) is 44.1 Å². The molecule has 1 aromatic rings. The monoisotopic (exact) mass is 234 g/mol. The first-order valence-corrected chi connectivity index (χ1v) is 6.41. The Labute approximate surface area is 103 Å².